The van der Waals surface area contributed by atoms with Crippen molar-refractivity contribution < 1.29 is 9.53 Å². The first kappa shape index (κ1) is 18.1. The van der Waals surface area contributed by atoms with Crippen molar-refractivity contribution in [2.75, 3.05) is 55.9 Å². The molecule has 6 heteroatoms. The summed E-state index contributed by atoms with van der Waals surface area (Å²) in [5.41, 5.74) is 3.75. The Balaban J connectivity index is 1.68. The van der Waals surface area contributed by atoms with Crippen molar-refractivity contribution in [2.24, 2.45) is 0 Å². The highest BCUT2D eigenvalue weighted by Gasteiger charge is 2.15. The van der Waals surface area contributed by atoms with Gasteiger partial charge in [-0.05, 0) is 49.9 Å². The summed E-state index contributed by atoms with van der Waals surface area (Å²) in [5, 5.41) is 5.77. The molecular weight excluding hydrogens is 328 g/mol. The second-order valence-corrected chi connectivity index (χ2v) is 6.66. The fourth-order valence-electron chi connectivity index (χ4n) is 3.08. The van der Waals surface area contributed by atoms with Crippen LogP contribution in [0.3, 0.4) is 0 Å². The molecule has 2 aromatic carbocycles. The third-order valence-electron chi connectivity index (χ3n) is 4.52. The Hall–Kier alpha value is -2.73. The molecule has 0 unspecified atom stereocenters. The predicted molar refractivity (Wildman–Crippen MR) is 107 cm³/mol. The highest BCUT2D eigenvalue weighted by Crippen LogP contribution is 2.24. The smallest absolute Gasteiger partial charge is 0.323 e. The summed E-state index contributed by atoms with van der Waals surface area (Å²) in [7, 11) is 3.75. The van der Waals surface area contributed by atoms with Crippen molar-refractivity contribution in [3.63, 3.8) is 0 Å². The van der Waals surface area contributed by atoms with Gasteiger partial charge in [-0.15, -0.1) is 0 Å². The highest BCUT2D eigenvalue weighted by atomic mass is 16.5. The molecule has 6 nitrogen and oxygen atoms in total. The van der Waals surface area contributed by atoms with Crippen molar-refractivity contribution in [1.29, 1.82) is 0 Å². The summed E-state index contributed by atoms with van der Waals surface area (Å²) < 4.78 is 5.18. The van der Waals surface area contributed by atoms with Crippen molar-refractivity contribution in [3.05, 3.63) is 48.0 Å². The van der Waals surface area contributed by atoms with Crippen LogP contribution in [-0.4, -0.2) is 51.3 Å². The van der Waals surface area contributed by atoms with E-state index in [-0.39, 0.29) is 6.03 Å². The zero-order valence-electron chi connectivity index (χ0n) is 15.6. The van der Waals surface area contributed by atoms with E-state index in [0.29, 0.717) is 11.4 Å². The Kier molecular flexibility index (Phi) is 5.63. The number of anilines is 3. The Morgan fingerprint density at radius 1 is 1.00 bits per heavy atom. The zero-order chi connectivity index (χ0) is 18.5. The average Bonchev–Trinajstić information content (AvgIpc) is 2.61. The summed E-state index contributed by atoms with van der Waals surface area (Å²) in [6, 6.07) is 13.2. The largest absolute Gasteiger partial charge is 0.497 e. The summed E-state index contributed by atoms with van der Waals surface area (Å²) in [5.74, 6) is 0.704. The van der Waals surface area contributed by atoms with Crippen molar-refractivity contribution >= 4 is 23.1 Å². The van der Waals surface area contributed by atoms with E-state index in [1.165, 1.54) is 0 Å². The van der Waals surface area contributed by atoms with Gasteiger partial charge in [0.25, 0.3) is 0 Å². The maximum absolute atomic E-state index is 12.3. The fourth-order valence-corrected chi connectivity index (χ4v) is 3.08. The van der Waals surface area contributed by atoms with Gasteiger partial charge >= 0.3 is 6.03 Å². The quantitative estimate of drug-likeness (QED) is 0.884. The standard InChI is InChI=1S/C20H26N4O2/c1-15-11-17(13-18(12-15)24-9-7-23(2)8-10-24)22-20(25)21-16-5-4-6-19(14-16)26-3/h4-6,11-14H,7-10H2,1-3H3,(H2,21,22,25). The molecule has 1 heterocycles. The van der Waals surface area contributed by atoms with Crippen LogP contribution >= 0.6 is 0 Å². The number of likely N-dealkylation sites (N-methyl/N-ethyl adjacent to an activating group) is 1. The number of benzene rings is 2. The number of nitrogens with zero attached hydrogens (tertiary/aromatic N) is 2. The molecule has 2 amide bonds. The molecule has 3 rings (SSSR count). The number of rotatable bonds is 4. The van der Waals surface area contributed by atoms with E-state index in [0.717, 1.165) is 43.1 Å². The van der Waals surface area contributed by atoms with Crippen LogP contribution in [0.15, 0.2) is 42.5 Å². The number of amides is 2. The summed E-state index contributed by atoms with van der Waals surface area (Å²) in [4.78, 5) is 17.0. The van der Waals surface area contributed by atoms with Crippen molar-refractivity contribution in [3.8, 4) is 5.75 Å². The second kappa shape index (κ2) is 8.10. The Morgan fingerprint density at radius 3 is 2.46 bits per heavy atom. The van der Waals surface area contributed by atoms with Crippen LogP contribution in [0.4, 0.5) is 21.9 Å². The van der Waals surface area contributed by atoms with Crippen LogP contribution in [0, 0.1) is 6.92 Å². The molecule has 0 bridgehead atoms. The number of urea groups is 1. The highest BCUT2D eigenvalue weighted by molar-refractivity contribution is 6.00. The lowest BCUT2D eigenvalue weighted by Gasteiger charge is -2.34. The number of carbonyl (C=O) groups is 1. The maximum atomic E-state index is 12.3. The SMILES string of the molecule is COc1cccc(NC(=O)Nc2cc(C)cc(N3CCN(C)CC3)c2)c1. The number of nitrogens with one attached hydrogen (secondary N) is 2. The summed E-state index contributed by atoms with van der Waals surface area (Å²) in [6.45, 7) is 6.13. The topological polar surface area (TPSA) is 56.8 Å². The lowest BCUT2D eigenvalue weighted by molar-refractivity contribution is 0.262. The van der Waals surface area contributed by atoms with E-state index < -0.39 is 0 Å². The number of piperazine rings is 1. The van der Waals surface area contributed by atoms with Gasteiger partial charge in [-0.25, -0.2) is 4.79 Å². The van der Waals surface area contributed by atoms with Crippen LogP contribution in [0.25, 0.3) is 0 Å². The summed E-state index contributed by atoms with van der Waals surface area (Å²) in [6.07, 6.45) is 0. The molecule has 26 heavy (non-hydrogen) atoms. The van der Waals surface area contributed by atoms with E-state index in [2.05, 4.69) is 33.5 Å². The third kappa shape index (κ3) is 4.67. The Labute approximate surface area is 154 Å². The molecule has 0 saturated carbocycles. The number of hydrogen-bond donors (Lipinski definition) is 2. The van der Waals surface area contributed by atoms with Gasteiger partial charge in [-0.1, -0.05) is 6.07 Å². The predicted octanol–water partition coefficient (Wildman–Crippen LogP) is 3.40. The molecule has 138 valence electrons. The van der Waals surface area contributed by atoms with Gasteiger partial charge in [0, 0.05) is 49.3 Å². The first-order chi connectivity index (χ1) is 12.5. The van der Waals surface area contributed by atoms with E-state index in [1.54, 1.807) is 13.2 Å². The van der Waals surface area contributed by atoms with Gasteiger partial charge in [0.15, 0.2) is 0 Å². The van der Waals surface area contributed by atoms with Crippen LogP contribution in [0.2, 0.25) is 0 Å². The van der Waals surface area contributed by atoms with Crippen LogP contribution in [0.1, 0.15) is 5.56 Å². The number of hydrogen-bond acceptors (Lipinski definition) is 4. The number of ether oxygens (including phenoxy) is 1. The molecule has 0 aliphatic carbocycles. The lowest BCUT2D eigenvalue weighted by Crippen LogP contribution is -2.44. The third-order valence-corrected chi connectivity index (χ3v) is 4.52. The van der Waals surface area contributed by atoms with Crippen LogP contribution < -0.4 is 20.3 Å². The molecule has 0 atom stereocenters. The molecular formula is C20H26N4O2. The fraction of sp³-hybridized carbons (Fsp3) is 0.350. The molecule has 0 aromatic heterocycles. The number of carbonyl (C=O) groups excluding carboxylic acids is 1. The Bertz CT molecular complexity index is 770. The molecule has 1 fully saturated rings. The molecule has 1 aliphatic heterocycles. The van der Waals surface area contributed by atoms with Crippen molar-refractivity contribution in [2.45, 2.75) is 6.92 Å². The molecule has 2 aromatic rings. The monoisotopic (exact) mass is 354 g/mol. The van der Waals surface area contributed by atoms with Crippen LogP contribution in [0.5, 0.6) is 5.75 Å². The second-order valence-electron chi connectivity index (χ2n) is 6.66. The maximum Gasteiger partial charge on any atom is 0.323 e. The molecule has 0 spiro atoms. The number of aryl methyl sites for hydroxylation is 1. The first-order valence-corrected chi connectivity index (χ1v) is 8.81. The minimum Gasteiger partial charge on any atom is -0.497 e. The van der Waals surface area contributed by atoms with Gasteiger partial charge in [0.05, 0.1) is 7.11 Å². The zero-order valence-corrected chi connectivity index (χ0v) is 15.6. The Morgan fingerprint density at radius 2 is 1.73 bits per heavy atom. The van der Waals surface area contributed by atoms with Gasteiger partial charge in [-0.3, -0.25) is 0 Å². The van der Waals surface area contributed by atoms with Gasteiger partial charge in [0.1, 0.15) is 5.75 Å². The van der Waals surface area contributed by atoms with Gasteiger partial charge in [0.2, 0.25) is 0 Å². The molecule has 1 aliphatic rings. The molecule has 2 N–H and O–H groups in total. The molecule has 0 radical (unpaired) electrons. The van der Waals surface area contributed by atoms with Gasteiger partial charge in [-0.2, -0.15) is 0 Å². The minimum atomic E-state index is -0.270. The van der Waals surface area contributed by atoms with E-state index in [1.807, 2.05) is 37.3 Å². The minimum absolute atomic E-state index is 0.270. The first-order valence-electron chi connectivity index (χ1n) is 8.81. The van der Waals surface area contributed by atoms with Crippen LogP contribution in [-0.2, 0) is 0 Å². The van der Waals surface area contributed by atoms with E-state index in [4.69, 9.17) is 4.74 Å². The number of methoxy groups -OCH3 is 1. The normalized spacial score (nSPS) is 14.8. The summed E-state index contributed by atoms with van der Waals surface area (Å²) >= 11 is 0. The van der Waals surface area contributed by atoms with E-state index >= 15 is 0 Å². The van der Waals surface area contributed by atoms with E-state index in [9.17, 15) is 4.79 Å². The molecule has 1 saturated heterocycles. The average molecular weight is 354 g/mol. The lowest BCUT2D eigenvalue weighted by atomic mass is 10.1. The van der Waals surface area contributed by atoms with Crippen molar-refractivity contribution in [1.82, 2.24) is 4.90 Å². The van der Waals surface area contributed by atoms with Gasteiger partial charge < -0.3 is 25.2 Å².